The van der Waals surface area contributed by atoms with Crippen LogP contribution in [0.3, 0.4) is 0 Å². The third-order valence-corrected chi connectivity index (χ3v) is 4.80. The Morgan fingerprint density at radius 3 is 2.43 bits per heavy atom. The molecular weight excluding hydrogens is 352 g/mol. The first-order valence-electron chi connectivity index (χ1n) is 9.32. The van der Waals surface area contributed by atoms with Gasteiger partial charge in [0.25, 0.3) is 11.8 Å². The van der Waals surface area contributed by atoms with E-state index in [4.69, 9.17) is 8.94 Å². The molecule has 4 rings (SSSR count). The molecule has 1 unspecified atom stereocenters. The summed E-state index contributed by atoms with van der Waals surface area (Å²) < 4.78 is 11.4. The van der Waals surface area contributed by atoms with Crippen molar-refractivity contribution in [2.75, 3.05) is 7.05 Å². The van der Waals surface area contributed by atoms with Gasteiger partial charge in [0, 0.05) is 11.1 Å². The van der Waals surface area contributed by atoms with Crippen LogP contribution in [0.4, 0.5) is 0 Å². The Bertz CT molecular complexity index is 1070. The van der Waals surface area contributed by atoms with Crippen molar-refractivity contribution in [3.63, 3.8) is 0 Å². The van der Waals surface area contributed by atoms with E-state index >= 15 is 0 Å². The smallest absolute Gasteiger partial charge is 0.271 e. The van der Waals surface area contributed by atoms with Crippen LogP contribution in [0.15, 0.2) is 63.5 Å². The van der Waals surface area contributed by atoms with Crippen molar-refractivity contribution in [2.24, 2.45) is 0 Å². The van der Waals surface area contributed by atoms with E-state index in [0.29, 0.717) is 29.8 Å². The maximum atomic E-state index is 5.97. The molecule has 2 aromatic heterocycles. The molecule has 28 heavy (non-hydrogen) atoms. The molecule has 0 fully saturated rings. The number of quaternary nitrogens is 1. The second-order valence-electron chi connectivity index (χ2n) is 7.07. The van der Waals surface area contributed by atoms with Crippen molar-refractivity contribution in [1.82, 2.24) is 15.4 Å². The van der Waals surface area contributed by atoms with Crippen molar-refractivity contribution >= 4 is 0 Å². The molecule has 4 aromatic rings. The number of hydrogen-bond acceptors (Lipinski definition) is 5. The standard InChI is InChI=1S/C22H22N4O2/c1-15-9-7-8-12-18(15)13-26(3)14-19-23-24-22(27-19)20-16(2)28-25-21(20)17-10-5-4-6-11-17/h4-12H,13-14H2,1-3H3/p+1. The first kappa shape index (κ1) is 18.1. The van der Waals surface area contributed by atoms with E-state index in [-0.39, 0.29) is 0 Å². The lowest BCUT2D eigenvalue weighted by Gasteiger charge is -2.13. The summed E-state index contributed by atoms with van der Waals surface area (Å²) in [5.74, 6) is 1.70. The van der Waals surface area contributed by atoms with Gasteiger partial charge in [-0.05, 0) is 19.4 Å². The molecule has 1 atom stereocenters. The van der Waals surface area contributed by atoms with Gasteiger partial charge < -0.3 is 13.8 Å². The predicted octanol–water partition coefficient (Wildman–Crippen LogP) is 3.22. The number of benzene rings is 2. The summed E-state index contributed by atoms with van der Waals surface area (Å²) in [6.07, 6.45) is 0. The van der Waals surface area contributed by atoms with E-state index in [1.807, 2.05) is 37.3 Å². The fourth-order valence-electron chi connectivity index (χ4n) is 3.30. The first-order valence-corrected chi connectivity index (χ1v) is 9.32. The number of aromatic nitrogens is 3. The molecule has 0 aliphatic heterocycles. The van der Waals surface area contributed by atoms with Crippen LogP contribution < -0.4 is 4.90 Å². The number of aryl methyl sites for hydroxylation is 2. The van der Waals surface area contributed by atoms with Crippen LogP contribution in [0, 0.1) is 13.8 Å². The van der Waals surface area contributed by atoms with Gasteiger partial charge in [-0.25, -0.2) is 0 Å². The second kappa shape index (κ2) is 7.78. The lowest BCUT2D eigenvalue weighted by atomic mass is 10.1. The molecular formula is C22H23N4O2+. The van der Waals surface area contributed by atoms with Gasteiger partial charge in [0.05, 0.1) is 7.05 Å². The summed E-state index contributed by atoms with van der Waals surface area (Å²) >= 11 is 0. The molecule has 0 saturated heterocycles. The fraction of sp³-hybridized carbons (Fsp3) is 0.227. The quantitative estimate of drug-likeness (QED) is 0.560. The summed E-state index contributed by atoms with van der Waals surface area (Å²) in [5, 5.41) is 12.7. The van der Waals surface area contributed by atoms with Crippen molar-refractivity contribution in [3.05, 3.63) is 77.4 Å². The highest BCUT2D eigenvalue weighted by molar-refractivity contribution is 5.77. The van der Waals surface area contributed by atoms with E-state index in [2.05, 4.69) is 53.6 Å². The minimum atomic E-state index is 0.441. The van der Waals surface area contributed by atoms with Crippen molar-refractivity contribution in [2.45, 2.75) is 26.9 Å². The first-order chi connectivity index (χ1) is 13.6. The molecule has 0 saturated carbocycles. The average Bonchev–Trinajstić information content (AvgIpc) is 3.30. The van der Waals surface area contributed by atoms with Gasteiger partial charge in [-0.1, -0.05) is 59.8 Å². The van der Waals surface area contributed by atoms with E-state index in [0.717, 1.165) is 17.7 Å². The minimum absolute atomic E-state index is 0.441. The molecule has 2 heterocycles. The third kappa shape index (κ3) is 3.73. The maximum Gasteiger partial charge on any atom is 0.271 e. The van der Waals surface area contributed by atoms with Crippen LogP contribution in [0.25, 0.3) is 22.7 Å². The Balaban J connectivity index is 1.54. The van der Waals surface area contributed by atoms with E-state index in [9.17, 15) is 0 Å². The molecule has 0 radical (unpaired) electrons. The van der Waals surface area contributed by atoms with E-state index in [1.54, 1.807) is 0 Å². The zero-order valence-electron chi connectivity index (χ0n) is 16.3. The molecule has 142 valence electrons. The Kier molecular flexibility index (Phi) is 5.04. The molecule has 0 bridgehead atoms. The molecule has 0 amide bonds. The molecule has 6 nitrogen and oxygen atoms in total. The summed E-state index contributed by atoms with van der Waals surface area (Å²) in [7, 11) is 2.12. The lowest BCUT2D eigenvalue weighted by Crippen LogP contribution is -3.06. The Morgan fingerprint density at radius 2 is 1.64 bits per heavy atom. The number of nitrogens with one attached hydrogen (secondary N) is 1. The molecule has 0 aliphatic carbocycles. The Hall–Kier alpha value is -3.25. The highest BCUT2D eigenvalue weighted by atomic mass is 16.5. The maximum absolute atomic E-state index is 5.97. The van der Waals surface area contributed by atoms with Gasteiger partial charge in [-0.3, -0.25) is 0 Å². The second-order valence-corrected chi connectivity index (χ2v) is 7.07. The summed E-state index contributed by atoms with van der Waals surface area (Å²) in [4.78, 5) is 1.27. The summed E-state index contributed by atoms with van der Waals surface area (Å²) in [6, 6.07) is 18.3. The minimum Gasteiger partial charge on any atom is -0.415 e. The van der Waals surface area contributed by atoms with Crippen molar-refractivity contribution < 1.29 is 13.8 Å². The molecule has 0 spiro atoms. The topological polar surface area (TPSA) is 69.4 Å². The van der Waals surface area contributed by atoms with Gasteiger partial charge in [0.1, 0.15) is 23.6 Å². The van der Waals surface area contributed by atoms with Gasteiger partial charge in [-0.2, -0.15) is 0 Å². The van der Waals surface area contributed by atoms with Crippen LogP contribution in [0.1, 0.15) is 22.8 Å². The fourth-order valence-corrected chi connectivity index (χ4v) is 3.30. The van der Waals surface area contributed by atoms with Gasteiger partial charge in [-0.15, -0.1) is 10.2 Å². The van der Waals surface area contributed by atoms with Crippen LogP contribution in [0.5, 0.6) is 0 Å². The SMILES string of the molecule is Cc1ccccc1C[NH+](C)Cc1nnc(-c2c(-c3ccccc3)noc2C)o1. The lowest BCUT2D eigenvalue weighted by molar-refractivity contribution is -0.909. The van der Waals surface area contributed by atoms with Crippen molar-refractivity contribution in [1.29, 1.82) is 0 Å². The zero-order valence-corrected chi connectivity index (χ0v) is 16.3. The Labute approximate surface area is 163 Å². The van der Waals surface area contributed by atoms with Gasteiger partial charge in [0.2, 0.25) is 0 Å². The largest absolute Gasteiger partial charge is 0.415 e. The summed E-state index contributed by atoms with van der Waals surface area (Å²) in [6.45, 7) is 5.53. The van der Waals surface area contributed by atoms with Crippen LogP contribution in [0.2, 0.25) is 0 Å². The average molecular weight is 375 g/mol. The Morgan fingerprint density at radius 1 is 0.893 bits per heavy atom. The van der Waals surface area contributed by atoms with Crippen LogP contribution >= 0.6 is 0 Å². The molecule has 6 heteroatoms. The third-order valence-electron chi connectivity index (χ3n) is 4.80. The zero-order chi connectivity index (χ0) is 19.5. The van der Waals surface area contributed by atoms with E-state index in [1.165, 1.54) is 16.0 Å². The highest BCUT2D eigenvalue weighted by Gasteiger charge is 2.22. The van der Waals surface area contributed by atoms with Gasteiger partial charge >= 0.3 is 0 Å². The number of nitrogens with zero attached hydrogens (tertiary/aromatic N) is 3. The van der Waals surface area contributed by atoms with Crippen LogP contribution in [-0.4, -0.2) is 22.4 Å². The molecule has 1 N–H and O–H groups in total. The number of hydrogen-bond donors (Lipinski definition) is 1. The monoisotopic (exact) mass is 375 g/mol. The molecule has 2 aromatic carbocycles. The van der Waals surface area contributed by atoms with Gasteiger partial charge in [0.15, 0.2) is 6.54 Å². The van der Waals surface area contributed by atoms with Crippen LogP contribution in [-0.2, 0) is 13.1 Å². The molecule has 0 aliphatic rings. The number of rotatable bonds is 6. The van der Waals surface area contributed by atoms with E-state index < -0.39 is 0 Å². The normalized spacial score (nSPS) is 12.2. The predicted molar refractivity (Wildman–Crippen MR) is 105 cm³/mol. The highest BCUT2D eigenvalue weighted by Crippen LogP contribution is 2.33. The van der Waals surface area contributed by atoms with Crippen molar-refractivity contribution in [3.8, 4) is 22.7 Å². The summed E-state index contributed by atoms with van der Waals surface area (Å²) in [5.41, 5.74) is 5.04.